The topological polar surface area (TPSA) is 57.5 Å². The number of phenols is 2. The van der Waals surface area contributed by atoms with Crippen LogP contribution in [0.15, 0.2) is 42.5 Å². The minimum atomic E-state index is -0.328. The molecule has 3 heteroatoms. The molecule has 0 atom stereocenters. The number of ketones is 1. The zero-order valence-corrected chi connectivity index (χ0v) is 9.34. The molecule has 0 aliphatic rings. The third-order valence-corrected chi connectivity index (χ3v) is 2.58. The molecule has 0 spiro atoms. The normalized spacial score (nSPS) is 11.1. The largest absolute Gasteiger partial charge is 0.507 e. The van der Waals surface area contributed by atoms with E-state index >= 15 is 0 Å². The second-order valence-corrected chi connectivity index (χ2v) is 3.70. The number of rotatable bonds is 2. The van der Waals surface area contributed by atoms with E-state index in [1.54, 1.807) is 37.3 Å². The predicted molar refractivity (Wildman–Crippen MR) is 66.4 cm³/mol. The molecule has 0 radical (unpaired) electrons. The predicted octanol–water partition coefficient (Wildman–Crippen LogP) is 3.01. The second-order valence-electron chi connectivity index (χ2n) is 3.70. The number of carbonyl (C=O) groups excluding carboxylic acids is 1. The lowest BCUT2D eigenvalue weighted by Crippen LogP contribution is -1.95. The molecule has 3 nitrogen and oxygen atoms in total. The number of carbonyl (C=O) groups is 1. The Morgan fingerprint density at radius 1 is 1.18 bits per heavy atom. The van der Waals surface area contributed by atoms with E-state index in [0.29, 0.717) is 10.8 Å². The first kappa shape index (κ1) is 11.2. The van der Waals surface area contributed by atoms with Crippen LogP contribution in [-0.4, -0.2) is 16.0 Å². The van der Waals surface area contributed by atoms with Crippen LogP contribution >= 0.6 is 0 Å². The third-order valence-electron chi connectivity index (χ3n) is 2.58. The zero-order valence-electron chi connectivity index (χ0n) is 9.34. The molecule has 2 N–H and O–H groups in total. The van der Waals surface area contributed by atoms with Crippen LogP contribution in [0, 0.1) is 0 Å². The highest BCUT2D eigenvalue weighted by Gasteiger charge is 2.14. The maximum Gasteiger partial charge on any atom is 0.189 e. The van der Waals surface area contributed by atoms with Gasteiger partial charge < -0.3 is 10.2 Å². The van der Waals surface area contributed by atoms with Gasteiger partial charge in [0.2, 0.25) is 0 Å². The highest BCUT2D eigenvalue weighted by atomic mass is 16.3. The molecule has 2 rings (SSSR count). The first-order valence-electron chi connectivity index (χ1n) is 5.26. The number of hydrogen-bond acceptors (Lipinski definition) is 3. The van der Waals surface area contributed by atoms with E-state index in [2.05, 4.69) is 0 Å². The van der Waals surface area contributed by atoms with Crippen molar-refractivity contribution in [3.63, 3.8) is 0 Å². The summed E-state index contributed by atoms with van der Waals surface area (Å²) in [5.41, 5.74) is 0.110. The zero-order chi connectivity index (χ0) is 12.4. The van der Waals surface area contributed by atoms with Crippen molar-refractivity contribution in [2.45, 2.75) is 6.92 Å². The maximum absolute atomic E-state index is 11.7. The molecule has 0 aromatic heterocycles. The minimum absolute atomic E-state index is 0.00810. The number of allylic oxidation sites excluding steroid dienone is 2. The second kappa shape index (κ2) is 4.29. The van der Waals surface area contributed by atoms with Crippen molar-refractivity contribution in [1.29, 1.82) is 0 Å². The standard InChI is InChI=1S/C14H12O3/c1-2-5-12(15)11-8-13(16)9-6-3-4-7-10(9)14(11)17/h2-8,16-17H,1H3/b5-2+. The Balaban J connectivity index is 2.75. The SMILES string of the molecule is C/C=C/C(=O)c1cc(O)c2ccccc2c1O. The van der Waals surface area contributed by atoms with E-state index in [0.717, 1.165) is 0 Å². The Morgan fingerprint density at radius 3 is 2.47 bits per heavy atom. The smallest absolute Gasteiger partial charge is 0.189 e. The summed E-state index contributed by atoms with van der Waals surface area (Å²) >= 11 is 0. The summed E-state index contributed by atoms with van der Waals surface area (Å²) < 4.78 is 0. The van der Waals surface area contributed by atoms with Crippen LogP contribution in [0.5, 0.6) is 11.5 Å². The van der Waals surface area contributed by atoms with E-state index in [1.165, 1.54) is 12.1 Å². The Morgan fingerprint density at radius 2 is 1.82 bits per heavy atom. The summed E-state index contributed by atoms with van der Waals surface area (Å²) in [4.78, 5) is 11.7. The number of phenolic OH excluding ortho intramolecular Hbond substituents is 2. The molecule has 2 aromatic rings. The highest BCUT2D eigenvalue weighted by molar-refractivity contribution is 6.11. The van der Waals surface area contributed by atoms with E-state index < -0.39 is 0 Å². The number of hydrogen-bond donors (Lipinski definition) is 2. The van der Waals surface area contributed by atoms with Gasteiger partial charge in [-0.25, -0.2) is 0 Å². The molecule has 0 fully saturated rings. The highest BCUT2D eigenvalue weighted by Crippen LogP contribution is 2.35. The number of fused-ring (bicyclic) bond motifs is 1. The van der Waals surface area contributed by atoms with Gasteiger partial charge in [0, 0.05) is 10.8 Å². The Hall–Kier alpha value is -2.29. The molecule has 0 aliphatic carbocycles. The first-order valence-corrected chi connectivity index (χ1v) is 5.26. The van der Waals surface area contributed by atoms with Gasteiger partial charge in [0.25, 0.3) is 0 Å². The maximum atomic E-state index is 11.7. The van der Waals surface area contributed by atoms with Crippen LogP contribution in [0.3, 0.4) is 0 Å². The van der Waals surface area contributed by atoms with Crippen molar-refractivity contribution in [2.24, 2.45) is 0 Å². The van der Waals surface area contributed by atoms with Crippen LogP contribution in [0.4, 0.5) is 0 Å². The van der Waals surface area contributed by atoms with Crippen molar-refractivity contribution in [3.8, 4) is 11.5 Å². The lowest BCUT2D eigenvalue weighted by Gasteiger charge is -2.07. The van der Waals surface area contributed by atoms with E-state index in [4.69, 9.17) is 0 Å². The molecule has 0 unspecified atom stereocenters. The van der Waals surface area contributed by atoms with E-state index in [-0.39, 0.29) is 22.8 Å². The molecular weight excluding hydrogens is 216 g/mol. The molecule has 0 bridgehead atoms. The monoisotopic (exact) mass is 228 g/mol. The fourth-order valence-corrected chi connectivity index (χ4v) is 1.77. The van der Waals surface area contributed by atoms with Gasteiger partial charge in [0.05, 0.1) is 5.56 Å². The molecular formula is C14H12O3. The molecule has 0 amide bonds. The summed E-state index contributed by atoms with van der Waals surface area (Å²) in [6.07, 6.45) is 2.94. The Labute approximate surface area is 98.6 Å². The quantitative estimate of drug-likeness (QED) is 0.472. The van der Waals surface area contributed by atoms with Gasteiger partial charge in [-0.15, -0.1) is 0 Å². The van der Waals surface area contributed by atoms with Gasteiger partial charge in [-0.05, 0) is 19.1 Å². The molecule has 0 saturated carbocycles. The third kappa shape index (κ3) is 1.87. The van der Waals surface area contributed by atoms with Crippen molar-refractivity contribution >= 4 is 16.6 Å². The van der Waals surface area contributed by atoms with Crippen molar-refractivity contribution in [3.05, 3.63) is 48.0 Å². The summed E-state index contributed by atoms with van der Waals surface area (Å²) in [6.45, 7) is 1.72. The lowest BCUT2D eigenvalue weighted by molar-refractivity contribution is 0.104. The summed E-state index contributed by atoms with van der Waals surface area (Å²) in [5.74, 6) is -0.432. The van der Waals surface area contributed by atoms with Gasteiger partial charge in [0.1, 0.15) is 11.5 Å². The average Bonchev–Trinajstić information content (AvgIpc) is 2.34. The summed E-state index contributed by atoms with van der Waals surface area (Å²) in [5, 5.41) is 20.8. The van der Waals surface area contributed by atoms with Gasteiger partial charge >= 0.3 is 0 Å². The van der Waals surface area contributed by atoms with Gasteiger partial charge in [-0.3, -0.25) is 4.79 Å². The fraction of sp³-hybridized carbons (Fsp3) is 0.0714. The number of benzene rings is 2. The summed E-state index contributed by atoms with van der Waals surface area (Å²) in [7, 11) is 0. The van der Waals surface area contributed by atoms with E-state index in [9.17, 15) is 15.0 Å². The molecule has 0 aliphatic heterocycles. The van der Waals surface area contributed by atoms with Crippen molar-refractivity contribution in [2.75, 3.05) is 0 Å². The Bertz CT molecular complexity index is 612. The van der Waals surface area contributed by atoms with Gasteiger partial charge in [0.15, 0.2) is 5.78 Å². The van der Waals surface area contributed by atoms with Gasteiger partial charge in [-0.2, -0.15) is 0 Å². The van der Waals surface area contributed by atoms with Crippen molar-refractivity contribution < 1.29 is 15.0 Å². The average molecular weight is 228 g/mol. The molecule has 0 saturated heterocycles. The molecule has 86 valence electrons. The summed E-state index contributed by atoms with van der Waals surface area (Å²) in [6, 6.07) is 8.14. The minimum Gasteiger partial charge on any atom is -0.507 e. The van der Waals surface area contributed by atoms with Crippen LogP contribution in [-0.2, 0) is 0 Å². The molecule has 0 heterocycles. The van der Waals surface area contributed by atoms with Crippen LogP contribution in [0.1, 0.15) is 17.3 Å². The van der Waals surface area contributed by atoms with Crippen LogP contribution in [0.25, 0.3) is 10.8 Å². The van der Waals surface area contributed by atoms with Crippen LogP contribution < -0.4 is 0 Å². The first-order chi connectivity index (χ1) is 8.15. The molecule has 17 heavy (non-hydrogen) atoms. The fourth-order valence-electron chi connectivity index (χ4n) is 1.77. The van der Waals surface area contributed by atoms with Crippen LogP contribution in [0.2, 0.25) is 0 Å². The van der Waals surface area contributed by atoms with E-state index in [1.807, 2.05) is 0 Å². The van der Waals surface area contributed by atoms with Crippen molar-refractivity contribution in [1.82, 2.24) is 0 Å². The lowest BCUT2D eigenvalue weighted by atomic mass is 10.0. The number of aromatic hydroxyl groups is 2. The Kier molecular flexibility index (Phi) is 2.83. The molecule has 2 aromatic carbocycles. The van der Waals surface area contributed by atoms with Gasteiger partial charge in [-0.1, -0.05) is 30.3 Å².